The van der Waals surface area contributed by atoms with Crippen LogP contribution in [0.25, 0.3) is 0 Å². The molecule has 3 heterocycles. The molecular weight excluding hydrogens is 204 g/mol. The van der Waals surface area contributed by atoms with Crippen molar-refractivity contribution in [1.82, 2.24) is 9.47 Å². The number of carbonyl (C=O) groups is 1. The van der Waals surface area contributed by atoms with Crippen LogP contribution >= 0.6 is 0 Å². The van der Waals surface area contributed by atoms with Gasteiger partial charge in [0.05, 0.1) is 13.2 Å². The molecule has 2 unspecified atom stereocenters. The predicted molar refractivity (Wildman–Crippen MR) is 59.1 cm³/mol. The van der Waals surface area contributed by atoms with E-state index in [1.165, 1.54) is 0 Å². The van der Waals surface area contributed by atoms with Crippen molar-refractivity contribution in [3.05, 3.63) is 24.0 Å². The number of hydrogen-bond donors (Lipinski definition) is 0. The lowest BCUT2D eigenvalue weighted by molar-refractivity contribution is 0.0742. The largest absolute Gasteiger partial charge is 0.381 e. The van der Waals surface area contributed by atoms with E-state index in [4.69, 9.17) is 4.74 Å². The molecule has 86 valence electrons. The first-order chi connectivity index (χ1) is 7.75. The quantitative estimate of drug-likeness (QED) is 0.699. The van der Waals surface area contributed by atoms with Crippen LogP contribution in [0.4, 0.5) is 0 Å². The molecule has 0 N–H and O–H groups in total. The van der Waals surface area contributed by atoms with E-state index in [1.54, 1.807) is 0 Å². The SMILES string of the molecule is Cn1cccc1C(=O)N1CC2COCC2C1. The van der Waals surface area contributed by atoms with Gasteiger partial charge in [0.15, 0.2) is 0 Å². The third-order valence-corrected chi connectivity index (χ3v) is 3.69. The van der Waals surface area contributed by atoms with Crippen LogP contribution in [0.1, 0.15) is 10.5 Å². The Balaban J connectivity index is 1.75. The van der Waals surface area contributed by atoms with Crippen LogP contribution in [-0.4, -0.2) is 41.7 Å². The van der Waals surface area contributed by atoms with E-state index >= 15 is 0 Å². The molecule has 4 nitrogen and oxygen atoms in total. The number of hydrogen-bond acceptors (Lipinski definition) is 2. The molecule has 0 radical (unpaired) electrons. The summed E-state index contributed by atoms with van der Waals surface area (Å²) in [6, 6.07) is 3.79. The van der Waals surface area contributed by atoms with Gasteiger partial charge in [-0.15, -0.1) is 0 Å². The second-order valence-electron chi connectivity index (χ2n) is 4.77. The van der Waals surface area contributed by atoms with Crippen LogP contribution in [-0.2, 0) is 11.8 Å². The minimum Gasteiger partial charge on any atom is -0.381 e. The Morgan fingerprint density at radius 1 is 1.38 bits per heavy atom. The van der Waals surface area contributed by atoms with Gasteiger partial charge in [0.1, 0.15) is 5.69 Å². The fourth-order valence-corrected chi connectivity index (χ4v) is 2.70. The Bertz CT molecular complexity index is 401. The summed E-state index contributed by atoms with van der Waals surface area (Å²) in [5.74, 6) is 1.27. The highest BCUT2D eigenvalue weighted by molar-refractivity contribution is 5.93. The minimum atomic E-state index is 0.155. The second-order valence-corrected chi connectivity index (χ2v) is 4.77. The molecule has 2 atom stereocenters. The second kappa shape index (κ2) is 3.63. The number of amides is 1. The zero-order valence-corrected chi connectivity index (χ0v) is 9.43. The Morgan fingerprint density at radius 2 is 2.06 bits per heavy atom. The molecule has 0 aromatic carbocycles. The molecule has 1 amide bonds. The third-order valence-electron chi connectivity index (χ3n) is 3.69. The van der Waals surface area contributed by atoms with Gasteiger partial charge in [0.25, 0.3) is 5.91 Å². The first kappa shape index (κ1) is 9.90. The van der Waals surface area contributed by atoms with Crippen molar-refractivity contribution < 1.29 is 9.53 Å². The molecule has 1 aromatic rings. The normalized spacial score (nSPS) is 28.4. The Labute approximate surface area is 94.8 Å². The van der Waals surface area contributed by atoms with Crippen LogP contribution in [0.2, 0.25) is 0 Å². The van der Waals surface area contributed by atoms with Crippen LogP contribution in [0.5, 0.6) is 0 Å². The predicted octanol–water partition coefficient (Wildman–Crippen LogP) is 0.744. The number of fused-ring (bicyclic) bond motifs is 1. The Morgan fingerprint density at radius 3 is 2.62 bits per heavy atom. The maximum absolute atomic E-state index is 12.2. The molecule has 0 spiro atoms. The topological polar surface area (TPSA) is 34.5 Å². The monoisotopic (exact) mass is 220 g/mol. The number of nitrogens with zero attached hydrogens (tertiary/aromatic N) is 2. The van der Waals surface area contributed by atoms with E-state index in [9.17, 15) is 4.79 Å². The maximum atomic E-state index is 12.2. The van der Waals surface area contributed by atoms with Crippen molar-refractivity contribution in [1.29, 1.82) is 0 Å². The Kier molecular flexibility index (Phi) is 2.24. The van der Waals surface area contributed by atoms with Crippen molar-refractivity contribution in [2.24, 2.45) is 18.9 Å². The van der Waals surface area contributed by atoms with E-state index in [0.29, 0.717) is 11.8 Å². The summed E-state index contributed by atoms with van der Waals surface area (Å²) in [6.07, 6.45) is 1.91. The number of likely N-dealkylation sites (tertiary alicyclic amines) is 1. The van der Waals surface area contributed by atoms with Crippen molar-refractivity contribution in [2.75, 3.05) is 26.3 Å². The third kappa shape index (κ3) is 1.45. The molecule has 2 saturated heterocycles. The van der Waals surface area contributed by atoms with Gasteiger partial charge in [-0.05, 0) is 12.1 Å². The first-order valence-corrected chi connectivity index (χ1v) is 5.74. The smallest absolute Gasteiger partial charge is 0.270 e. The highest BCUT2D eigenvalue weighted by atomic mass is 16.5. The summed E-state index contributed by atoms with van der Waals surface area (Å²) < 4.78 is 7.29. The lowest BCUT2D eigenvalue weighted by Crippen LogP contribution is -2.31. The molecule has 16 heavy (non-hydrogen) atoms. The lowest BCUT2D eigenvalue weighted by Gasteiger charge is -2.17. The summed E-state index contributed by atoms with van der Waals surface area (Å²) in [4.78, 5) is 14.2. The number of aromatic nitrogens is 1. The van der Waals surface area contributed by atoms with Crippen LogP contribution in [0, 0.1) is 11.8 Å². The van der Waals surface area contributed by atoms with Gasteiger partial charge in [-0.3, -0.25) is 4.79 Å². The molecule has 0 saturated carbocycles. The number of carbonyl (C=O) groups excluding carboxylic acids is 1. The van der Waals surface area contributed by atoms with Crippen molar-refractivity contribution >= 4 is 5.91 Å². The molecule has 1 aromatic heterocycles. The van der Waals surface area contributed by atoms with Crippen molar-refractivity contribution in [3.8, 4) is 0 Å². The van der Waals surface area contributed by atoms with Gasteiger partial charge >= 0.3 is 0 Å². The number of rotatable bonds is 1. The zero-order valence-electron chi connectivity index (χ0n) is 9.43. The fraction of sp³-hybridized carbons (Fsp3) is 0.583. The molecule has 3 rings (SSSR count). The molecule has 2 aliphatic rings. The van der Waals surface area contributed by atoms with Crippen LogP contribution in [0.15, 0.2) is 18.3 Å². The molecule has 2 fully saturated rings. The van der Waals surface area contributed by atoms with Gasteiger partial charge in [-0.25, -0.2) is 0 Å². The van der Waals surface area contributed by atoms with Crippen LogP contribution in [0.3, 0.4) is 0 Å². The lowest BCUT2D eigenvalue weighted by atomic mass is 10.0. The van der Waals surface area contributed by atoms with Gasteiger partial charge in [0.2, 0.25) is 0 Å². The fourth-order valence-electron chi connectivity index (χ4n) is 2.70. The number of ether oxygens (including phenoxy) is 1. The van der Waals surface area contributed by atoms with Crippen molar-refractivity contribution in [2.45, 2.75) is 0 Å². The minimum absolute atomic E-state index is 0.155. The van der Waals surface area contributed by atoms with Crippen LogP contribution < -0.4 is 0 Å². The molecule has 0 aliphatic carbocycles. The molecule has 4 heteroatoms. The molecule has 2 aliphatic heterocycles. The highest BCUT2D eigenvalue weighted by Crippen LogP contribution is 2.29. The summed E-state index contributed by atoms with van der Waals surface area (Å²) >= 11 is 0. The molecule has 0 bridgehead atoms. The van der Waals surface area contributed by atoms with E-state index in [2.05, 4.69) is 0 Å². The molecular formula is C12H16N2O2. The van der Waals surface area contributed by atoms with E-state index < -0.39 is 0 Å². The van der Waals surface area contributed by atoms with Gasteiger partial charge in [-0.1, -0.05) is 0 Å². The van der Waals surface area contributed by atoms with E-state index in [1.807, 2.05) is 34.8 Å². The van der Waals surface area contributed by atoms with Gasteiger partial charge in [-0.2, -0.15) is 0 Å². The Hall–Kier alpha value is -1.29. The number of aryl methyl sites for hydroxylation is 1. The van der Waals surface area contributed by atoms with Gasteiger partial charge in [0, 0.05) is 38.2 Å². The van der Waals surface area contributed by atoms with E-state index in [-0.39, 0.29) is 5.91 Å². The maximum Gasteiger partial charge on any atom is 0.270 e. The zero-order chi connectivity index (χ0) is 11.1. The van der Waals surface area contributed by atoms with E-state index in [0.717, 1.165) is 32.0 Å². The average Bonchev–Trinajstić information content (AvgIpc) is 2.89. The summed E-state index contributed by atoms with van der Waals surface area (Å²) in [7, 11) is 1.91. The van der Waals surface area contributed by atoms with Gasteiger partial charge < -0.3 is 14.2 Å². The summed E-state index contributed by atoms with van der Waals surface area (Å²) in [6.45, 7) is 3.35. The first-order valence-electron chi connectivity index (χ1n) is 5.74. The summed E-state index contributed by atoms with van der Waals surface area (Å²) in [5, 5.41) is 0. The summed E-state index contributed by atoms with van der Waals surface area (Å²) in [5.41, 5.74) is 0.779. The van der Waals surface area contributed by atoms with Crippen molar-refractivity contribution in [3.63, 3.8) is 0 Å². The standard InChI is InChI=1S/C12H16N2O2/c1-13-4-2-3-11(13)12(15)14-5-9-7-16-8-10(9)6-14/h2-4,9-10H,5-8H2,1H3. The average molecular weight is 220 g/mol. The highest BCUT2D eigenvalue weighted by Gasteiger charge is 2.39.